The molecule has 1 aromatic carbocycles. The molecule has 1 heterocycles. The van der Waals surface area contributed by atoms with Gasteiger partial charge in [-0.3, -0.25) is 4.79 Å². The van der Waals surface area contributed by atoms with Gasteiger partial charge in [0.2, 0.25) is 5.91 Å². The van der Waals surface area contributed by atoms with Crippen molar-refractivity contribution in [2.24, 2.45) is 22.6 Å². The Hall–Kier alpha value is -1.31. The van der Waals surface area contributed by atoms with Crippen molar-refractivity contribution >= 4 is 41.5 Å². The lowest BCUT2D eigenvalue weighted by molar-refractivity contribution is -0.116. The number of benzene rings is 1. The van der Waals surface area contributed by atoms with E-state index in [1.54, 1.807) is 0 Å². The van der Waals surface area contributed by atoms with Crippen LogP contribution in [0.3, 0.4) is 0 Å². The summed E-state index contributed by atoms with van der Waals surface area (Å²) in [6.45, 7) is 8.84. The molecule has 140 valence electrons. The first-order chi connectivity index (χ1) is 11.4. The molecule has 0 spiro atoms. The summed E-state index contributed by atoms with van der Waals surface area (Å²) in [5.41, 5.74) is 8.00. The van der Waals surface area contributed by atoms with Crippen molar-refractivity contribution in [1.29, 1.82) is 0 Å². The molecule has 0 aliphatic carbocycles. The van der Waals surface area contributed by atoms with Crippen LogP contribution in [-0.4, -0.2) is 29.9 Å². The molecule has 1 amide bonds. The monoisotopic (exact) mass is 458 g/mol. The second-order valence-electron chi connectivity index (χ2n) is 7.21. The molecule has 5 nitrogen and oxygen atoms in total. The van der Waals surface area contributed by atoms with Crippen molar-refractivity contribution in [3.8, 4) is 0 Å². The van der Waals surface area contributed by atoms with Gasteiger partial charge in [-0.2, -0.15) is 0 Å². The number of nitrogens with zero attached hydrogens (tertiary/aromatic N) is 2. The molecular formula is C19H31IN4O. The Morgan fingerprint density at radius 3 is 2.88 bits per heavy atom. The molecule has 1 unspecified atom stereocenters. The van der Waals surface area contributed by atoms with Crippen molar-refractivity contribution in [2.75, 3.05) is 18.4 Å². The summed E-state index contributed by atoms with van der Waals surface area (Å²) in [5, 5.41) is 2.94. The molecule has 0 aromatic heterocycles. The number of hydrogen-bond acceptors (Lipinski definition) is 2. The van der Waals surface area contributed by atoms with Gasteiger partial charge in [0.05, 0.1) is 6.54 Å². The minimum absolute atomic E-state index is 0. The van der Waals surface area contributed by atoms with Gasteiger partial charge in [0.1, 0.15) is 0 Å². The maximum Gasteiger partial charge on any atom is 0.224 e. The summed E-state index contributed by atoms with van der Waals surface area (Å²) in [4.78, 5) is 18.6. The lowest BCUT2D eigenvalue weighted by atomic mass is 10.0. The molecule has 1 aliphatic heterocycles. The minimum Gasteiger partial charge on any atom is -0.370 e. The lowest BCUT2D eigenvalue weighted by Gasteiger charge is -2.31. The number of rotatable bonds is 5. The van der Waals surface area contributed by atoms with E-state index in [0.29, 0.717) is 30.8 Å². The van der Waals surface area contributed by atoms with Crippen LogP contribution in [-0.2, 0) is 11.3 Å². The Bertz CT molecular complexity index is 589. The predicted octanol–water partition coefficient (Wildman–Crippen LogP) is 3.84. The van der Waals surface area contributed by atoms with Crippen molar-refractivity contribution in [3.05, 3.63) is 29.8 Å². The van der Waals surface area contributed by atoms with E-state index in [4.69, 9.17) is 5.73 Å². The number of anilines is 1. The maximum absolute atomic E-state index is 11.9. The summed E-state index contributed by atoms with van der Waals surface area (Å²) < 4.78 is 0. The second kappa shape index (κ2) is 10.6. The quantitative estimate of drug-likeness (QED) is 0.400. The molecule has 1 fully saturated rings. The first-order valence-electron chi connectivity index (χ1n) is 8.87. The fourth-order valence-electron chi connectivity index (χ4n) is 3.00. The first kappa shape index (κ1) is 21.7. The minimum atomic E-state index is 0. The van der Waals surface area contributed by atoms with E-state index in [1.165, 1.54) is 12.8 Å². The highest BCUT2D eigenvalue weighted by Gasteiger charge is 2.17. The molecule has 25 heavy (non-hydrogen) atoms. The van der Waals surface area contributed by atoms with Crippen molar-refractivity contribution < 1.29 is 4.79 Å². The van der Waals surface area contributed by atoms with Gasteiger partial charge in [-0.1, -0.05) is 32.9 Å². The van der Waals surface area contributed by atoms with Crippen LogP contribution in [0.5, 0.6) is 0 Å². The number of likely N-dealkylation sites (tertiary alicyclic amines) is 1. The summed E-state index contributed by atoms with van der Waals surface area (Å²) in [7, 11) is 0. The van der Waals surface area contributed by atoms with Crippen LogP contribution in [0.15, 0.2) is 29.3 Å². The Kier molecular flexibility index (Phi) is 9.24. The molecule has 1 aromatic rings. The van der Waals surface area contributed by atoms with E-state index >= 15 is 0 Å². The summed E-state index contributed by atoms with van der Waals surface area (Å²) in [6, 6.07) is 7.82. The Balaban J connectivity index is 0.00000312. The van der Waals surface area contributed by atoms with Gasteiger partial charge in [-0.15, -0.1) is 24.0 Å². The summed E-state index contributed by atoms with van der Waals surface area (Å²) in [5.74, 6) is 1.69. The van der Waals surface area contributed by atoms with Crippen LogP contribution in [0, 0.1) is 11.8 Å². The van der Waals surface area contributed by atoms with Gasteiger partial charge >= 0.3 is 0 Å². The van der Waals surface area contributed by atoms with E-state index in [-0.39, 0.29) is 29.9 Å². The van der Waals surface area contributed by atoms with Gasteiger partial charge < -0.3 is 16.0 Å². The molecule has 0 bridgehead atoms. The number of carbonyl (C=O) groups is 1. The van der Waals surface area contributed by atoms with E-state index in [1.807, 2.05) is 38.1 Å². The fraction of sp³-hybridized carbons (Fsp3) is 0.579. The van der Waals surface area contributed by atoms with Crippen molar-refractivity contribution in [3.63, 3.8) is 0 Å². The predicted molar refractivity (Wildman–Crippen MR) is 115 cm³/mol. The highest BCUT2D eigenvalue weighted by Crippen LogP contribution is 2.16. The van der Waals surface area contributed by atoms with E-state index in [9.17, 15) is 4.79 Å². The van der Waals surface area contributed by atoms with E-state index < -0.39 is 0 Å². The molecule has 3 N–H and O–H groups in total. The number of nitrogens with two attached hydrogens (primary N) is 1. The Morgan fingerprint density at radius 2 is 2.20 bits per heavy atom. The van der Waals surface area contributed by atoms with E-state index in [2.05, 4.69) is 22.1 Å². The highest BCUT2D eigenvalue weighted by atomic mass is 127. The van der Waals surface area contributed by atoms with Crippen LogP contribution >= 0.6 is 24.0 Å². The Morgan fingerprint density at radius 1 is 1.44 bits per heavy atom. The maximum atomic E-state index is 11.9. The van der Waals surface area contributed by atoms with Gasteiger partial charge in [0.25, 0.3) is 0 Å². The van der Waals surface area contributed by atoms with E-state index in [0.717, 1.165) is 24.3 Å². The number of hydrogen-bond donors (Lipinski definition) is 2. The average Bonchev–Trinajstić information content (AvgIpc) is 2.52. The Labute approximate surface area is 168 Å². The fourth-order valence-corrected chi connectivity index (χ4v) is 3.00. The zero-order valence-corrected chi connectivity index (χ0v) is 17.8. The van der Waals surface area contributed by atoms with Gasteiger partial charge in [-0.25, -0.2) is 4.99 Å². The highest BCUT2D eigenvalue weighted by molar-refractivity contribution is 14.0. The zero-order chi connectivity index (χ0) is 17.5. The molecular weight excluding hydrogens is 427 g/mol. The average molecular weight is 458 g/mol. The van der Waals surface area contributed by atoms with Gasteiger partial charge in [-0.05, 0) is 42.4 Å². The molecule has 6 heteroatoms. The second-order valence-corrected chi connectivity index (χ2v) is 7.21. The number of nitrogens with one attached hydrogen (secondary N) is 1. The number of amides is 1. The third-order valence-corrected chi connectivity index (χ3v) is 4.21. The van der Waals surface area contributed by atoms with Crippen molar-refractivity contribution in [1.82, 2.24) is 4.90 Å². The third kappa shape index (κ3) is 7.63. The summed E-state index contributed by atoms with van der Waals surface area (Å²) >= 11 is 0. The van der Waals surface area contributed by atoms with Crippen LogP contribution in [0.2, 0.25) is 0 Å². The molecule has 0 radical (unpaired) electrons. The van der Waals surface area contributed by atoms with Crippen LogP contribution in [0.4, 0.5) is 5.69 Å². The first-order valence-corrected chi connectivity index (χ1v) is 8.87. The summed E-state index contributed by atoms with van der Waals surface area (Å²) in [6.07, 6.45) is 2.97. The third-order valence-electron chi connectivity index (χ3n) is 4.21. The standard InChI is InChI=1S/C19H30N4O.HI/c1-14(2)10-18(24)22-17-8-4-7-16(11-17)12-21-19(20)23-9-5-6-15(3)13-23;/h4,7-8,11,14-15H,5-6,9-10,12-13H2,1-3H3,(H2,20,21)(H,22,24);1H. The molecule has 0 saturated carbocycles. The van der Waals surface area contributed by atoms with Crippen LogP contribution < -0.4 is 11.1 Å². The lowest BCUT2D eigenvalue weighted by Crippen LogP contribution is -2.43. The van der Waals surface area contributed by atoms with Crippen LogP contribution in [0.25, 0.3) is 0 Å². The molecule has 1 saturated heterocycles. The SMILES string of the molecule is CC(C)CC(=O)Nc1cccc(CN=C(N)N2CCCC(C)C2)c1.I. The number of aliphatic imine (C=N–C) groups is 1. The van der Waals surface area contributed by atoms with Gasteiger partial charge in [0, 0.05) is 25.2 Å². The normalized spacial score (nSPS) is 18.0. The molecule has 1 atom stereocenters. The number of guanidine groups is 1. The molecule has 1 aliphatic rings. The molecule has 2 rings (SSSR count). The largest absolute Gasteiger partial charge is 0.370 e. The number of carbonyl (C=O) groups excluding carboxylic acids is 1. The number of halogens is 1. The smallest absolute Gasteiger partial charge is 0.224 e. The number of piperidine rings is 1. The zero-order valence-electron chi connectivity index (χ0n) is 15.5. The van der Waals surface area contributed by atoms with Crippen LogP contribution in [0.1, 0.15) is 45.6 Å². The van der Waals surface area contributed by atoms with Crippen molar-refractivity contribution in [2.45, 2.75) is 46.6 Å². The van der Waals surface area contributed by atoms with Gasteiger partial charge in [0.15, 0.2) is 5.96 Å². The topological polar surface area (TPSA) is 70.7 Å².